The Labute approximate surface area is 140 Å². The molecule has 0 bridgehead atoms. The number of carbonyl (C=O) groups is 2. The summed E-state index contributed by atoms with van der Waals surface area (Å²) >= 11 is 0. The van der Waals surface area contributed by atoms with Gasteiger partial charge < -0.3 is 24.2 Å². The summed E-state index contributed by atoms with van der Waals surface area (Å²) in [7, 11) is 1.57. The molecule has 2 aliphatic rings. The van der Waals surface area contributed by atoms with Crippen LogP contribution in [-0.2, 0) is 14.3 Å². The maximum Gasteiger partial charge on any atom is 0.323 e. The second-order valence-electron chi connectivity index (χ2n) is 6.04. The van der Waals surface area contributed by atoms with E-state index in [1.807, 2.05) is 18.2 Å². The molecule has 7 heteroatoms. The van der Waals surface area contributed by atoms with E-state index in [0.717, 1.165) is 18.4 Å². The van der Waals surface area contributed by atoms with E-state index in [2.05, 4.69) is 0 Å². The number of carboxylic acid groups (broad SMARTS) is 1. The number of carboxylic acids is 1. The van der Waals surface area contributed by atoms with Gasteiger partial charge in [0.1, 0.15) is 6.54 Å². The lowest BCUT2D eigenvalue weighted by molar-refractivity contribution is -0.142. The fraction of sp³-hybridized carbons (Fsp3) is 0.529. The van der Waals surface area contributed by atoms with Crippen LogP contribution in [0.25, 0.3) is 0 Å². The maximum absolute atomic E-state index is 12.0. The van der Waals surface area contributed by atoms with Crippen molar-refractivity contribution >= 4 is 11.9 Å². The Morgan fingerprint density at radius 3 is 2.92 bits per heavy atom. The Morgan fingerprint density at radius 1 is 1.42 bits per heavy atom. The quantitative estimate of drug-likeness (QED) is 0.850. The molecule has 0 saturated carbocycles. The van der Waals surface area contributed by atoms with Crippen molar-refractivity contribution in [3.63, 3.8) is 0 Å². The molecule has 0 aliphatic carbocycles. The molecule has 3 rings (SSSR count). The zero-order valence-electron chi connectivity index (χ0n) is 13.6. The summed E-state index contributed by atoms with van der Waals surface area (Å²) in [5.41, 5.74) is 0.935. The van der Waals surface area contributed by atoms with Gasteiger partial charge in [-0.05, 0) is 24.1 Å². The first-order valence-electron chi connectivity index (χ1n) is 8.02. The lowest BCUT2D eigenvalue weighted by Crippen LogP contribution is -2.30. The first-order chi connectivity index (χ1) is 11.6. The number of aliphatic carboxylic acids is 1. The zero-order chi connectivity index (χ0) is 17.1. The third-order valence-corrected chi connectivity index (χ3v) is 4.35. The van der Waals surface area contributed by atoms with Crippen molar-refractivity contribution in [2.75, 3.05) is 26.8 Å². The first-order valence-corrected chi connectivity index (χ1v) is 8.02. The van der Waals surface area contributed by atoms with Crippen LogP contribution < -0.4 is 9.47 Å². The van der Waals surface area contributed by atoms with Crippen molar-refractivity contribution in [1.82, 2.24) is 4.90 Å². The number of rotatable bonds is 6. The summed E-state index contributed by atoms with van der Waals surface area (Å²) in [5.74, 6) is 0.0162. The molecule has 0 radical (unpaired) electrons. The van der Waals surface area contributed by atoms with Crippen LogP contribution in [0, 0.1) is 0 Å². The van der Waals surface area contributed by atoms with Crippen LogP contribution in [0.1, 0.15) is 30.7 Å². The van der Waals surface area contributed by atoms with Gasteiger partial charge in [-0.3, -0.25) is 9.59 Å². The second-order valence-corrected chi connectivity index (χ2v) is 6.04. The predicted molar refractivity (Wildman–Crippen MR) is 84.2 cm³/mol. The molecule has 1 aromatic rings. The molecule has 2 saturated heterocycles. The van der Waals surface area contributed by atoms with E-state index in [1.165, 1.54) is 4.90 Å². The van der Waals surface area contributed by atoms with Gasteiger partial charge in [-0.2, -0.15) is 0 Å². The van der Waals surface area contributed by atoms with Crippen molar-refractivity contribution in [3.05, 3.63) is 23.8 Å². The van der Waals surface area contributed by atoms with Gasteiger partial charge in [-0.15, -0.1) is 0 Å². The van der Waals surface area contributed by atoms with Crippen molar-refractivity contribution < 1.29 is 28.9 Å². The standard InChI is InChI=1S/C17H21NO6/c1-22-13-5-4-11(7-14(13)24-17-3-2-6-23-17)12-8-15(19)18(9-12)10-16(20)21/h4-5,7,12,17H,2-3,6,8-10H2,1H3,(H,20,21)/t12-,17?/m1/s1. The highest BCUT2D eigenvalue weighted by Gasteiger charge is 2.32. The molecule has 2 heterocycles. The van der Waals surface area contributed by atoms with Gasteiger partial charge in [-0.1, -0.05) is 6.07 Å². The minimum absolute atomic E-state index is 0.0467. The lowest BCUT2D eigenvalue weighted by Gasteiger charge is -2.18. The van der Waals surface area contributed by atoms with Crippen LogP contribution in [0.15, 0.2) is 18.2 Å². The molecule has 1 aromatic carbocycles. The van der Waals surface area contributed by atoms with E-state index in [9.17, 15) is 9.59 Å². The number of likely N-dealkylation sites (tertiary alicyclic amines) is 1. The Kier molecular flexibility index (Phi) is 4.89. The molecule has 2 fully saturated rings. The summed E-state index contributed by atoms with van der Waals surface area (Å²) in [6.07, 6.45) is 1.83. The highest BCUT2D eigenvalue weighted by molar-refractivity contribution is 5.84. The average Bonchev–Trinajstić information content (AvgIpc) is 3.17. The summed E-state index contributed by atoms with van der Waals surface area (Å²) < 4.78 is 16.7. The topological polar surface area (TPSA) is 85.3 Å². The predicted octanol–water partition coefficient (Wildman–Crippen LogP) is 1.61. The summed E-state index contributed by atoms with van der Waals surface area (Å²) in [4.78, 5) is 24.2. The number of amides is 1. The van der Waals surface area contributed by atoms with Crippen molar-refractivity contribution in [3.8, 4) is 11.5 Å². The van der Waals surface area contributed by atoms with Crippen molar-refractivity contribution in [1.29, 1.82) is 0 Å². The molecule has 0 aromatic heterocycles. The molecule has 2 atom stereocenters. The Bertz CT molecular complexity index is 626. The largest absolute Gasteiger partial charge is 0.493 e. The number of hydrogen-bond acceptors (Lipinski definition) is 5. The highest BCUT2D eigenvalue weighted by atomic mass is 16.7. The molecule has 1 N–H and O–H groups in total. The third kappa shape index (κ3) is 3.62. The molecule has 1 amide bonds. The fourth-order valence-electron chi connectivity index (χ4n) is 3.13. The van der Waals surface area contributed by atoms with E-state index in [4.69, 9.17) is 19.3 Å². The monoisotopic (exact) mass is 335 g/mol. The average molecular weight is 335 g/mol. The van der Waals surface area contributed by atoms with E-state index in [-0.39, 0.29) is 24.7 Å². The number of hydrogen-bond donors (Lipinski definition) is 1. The van der Waals surface area contributed by atoms with Crippen LogP contribution in [0.3, 0.4) is 0 Å². The number of benzene rings is 1. The molecule has 1 unspecified atom stereocenters. The summed E-state index contributed by atoms with van der Waals surface area (Å²) in [6.45, 7) is 0.829. The highest BCUT2D eigenvalue weighted by Crippen LogP contribution is 2.36. The SMILES string of the molecule is COc1ccc([C@@H]2CC(=O)N(CC(=O)O)C2)cc1OC1CCCO1. The fourth-order valence-corrected chi connectivity index (χ4v) is 3.13. The molecular weight excluding hydrogens is 314 g/mol. The van der Waals surface area contributed by atoms with Gasteiger partial charge in [0.15, 0.2) is 17.8 Å². The normalized spacial score (nSPS) is 23.5. The Morgan fingerprint density at radius 2 is 2.25 bits per heavy atom. The summed E-state index contributed by atoms with van der Waals surface area (Å²) in [6, 6.07) is 5.57. The number of ether oxygens (including phenoxy) is 3. The van der Waals surface area contributed by atoms with Gasteiger partial charge in [0, 0.05) is 25.3 Å². The smallest absolute Gasteiger partial charge is 0.323 e. The first kappa shape index (κ1) is 16.6. The van der Waals surface area contributed by atoms with Gasteiger partial charge in [0.2, 0.25) is 5.91 Å². The lowest BCUT2D eigenvalue weighted by atomic mass is 9.98. The molecular formula is C17H21NO6. The number of carbonyl (C=O) groups excluding carboxylic acids is 1. The molecule has 24 heavy (non-hydrogen) atoms. The van der Waals surface area contributed by atoms with Crippen molar-refractivity contribution in [2.24, 2.45) is 0 Å². The molecule has 7 nitrogen and oxygen atoms in total. The van der Waals surface area contributed by atoms with Gasteiger partial charge >= 0.3 is 5.97 Å². The van der Waals surface area contributed by atoms with Gasteiger partial charge in [0.25, 0.3) is 0 Å². The van der Waals surface area contributed by atoms with Gasteiger partial charge in [-0.25, -0.2) is 0 Å². The Balaban J connectivity index is 1.76. The van der Waals surface area contributed by atoms with Crippen LogP contribution in [0.5, 0.6) is 11.5 Å². The molecule has 0 spiro atoms. The minimum Gasteiger partial charge on any atom is -0.493 e. The van der Waals surface area contributed by atoms with Crippen molar-refractivity contribution in [2.45, 2.75) is 31.5 Å². The van der Waals surface area contributed by atoms with Crippen LogP contribution in [-0.4, -0.2) is 55.0 Å². The van der Waals surface area contributed by atoms with E-state index < -0.39 is 5.97 Å². The van der Waals surface area contributed by atoms with E-state index in [1.54, 1.807) is 7.11 Å². The minimum atomic E-state index is -0.999. The van der Waals surface area contributed by atoms with Crippen LogP contribution >= 0.6 is 0 Å². The zero-order valence-corrected chi connectivity index (χ0v) is 13.6. The molecule has 130 valence electrons. The summed E-state index contributed by atoms with van der Waals surface area (Å²) in [5, 5.41) is 8.88. The number of nitrogens with zero attached hydrogens (tertiary/aromatic N) is 1. The second kappa shape index (κ2) is 7.09. The van der Waals surface area contributed by atoms with E-state index in [0.29, 0.717) is 31.1 Å². The molecule has 2 aliphatic heterocycles. The van der Waals surface area contributed by atoms with Crippen LogP contribution in [0.2, 0.25) is 0 Å². The third-order valence-electron chi connectivity index (χ3n) is 4.35. The Hall–Kier alpha value is -2.28. The van der Waals surface area contributed by atoms with Gasteiger partial charge in [0.05, 0.1) is 13.7 Å². The van der Waals surface area contributed by atoms with E-state index >= 15 is 0 Å². The number of methoxy groups -OCH3 is 1. The van der Waals surface area contributed by atoms with Crippen LogP contribution in [0.4, 0.5) is 0 Å². The maximum atomic E-state index is 12.0.